The number of carbonyl (C=O) groups excluding carboxylic acids is 3. The van der Waals surface area contributed by atoms with Gasteiger partial charge in [0.2, 0.25) is 0 Å². The molecule has 0 radical (unpaired) electrons. The Morgan fingerprint density at radius 1 is 1.17 bits per heavy atom. The number of fused-ring (bicyclic) bond motifs is 2. The Kier molecular flexibility index (Phi) is 5.91. The van der Waals surface area contributed by atoms with Crippen LogP contribution in [-0.2, 0) is 27.2 Å². The number of para-hydroxylation sites is 1. The number of thiophene rings is 1. The molecule has 0 aliphatic heterocycles. The second-order valence-corrected chi connectivity index (χ2v) is 8.96. The van der Waals surface area contributed by atoms with E-state index in [1.54, 1.807) is 6.08 Å². The minimum Gasteiger partial charge on any atom is -0.452 e. The first kappa shape index (κ1) is 20.2. The molecule has 1 aliphatic carbocycles. The molecular weight excluding hydrogens is 422 g/mol. The summed E-state index contributed by atoms with van der Waals surface area (Å²) in [6.07, 6.45) is 6.51. The van der Waals surface area contributed by atoms with Gasteiger partial charge in [0, 0.05) is 11.0 Å². The monoisotopic (exact) mass is 441 g/mol. The molecule has 2 heterocycles. The molecule has 4 rings (SSSR count). The number of hydrogen-bond acceptors (Lipinski definition) is 7. The fourth-order valence-corrected chi connectivity index (χ4v) is 5.54. The normalized spacial score (nSPS) is 13.3. The highest BCUT2D eigenvalue weighted by molar-refractivity contribution is 7.19. The van der Waals surface area contributed by atoms with Crippen LogP contribution >= 0.6 is 22.7 Å². The summed E-state index contributed by atoms with van der Waals surface area (Å²) in [6, 6.07) is 7.68. The van der Waals surface area contributed by atoms with Crippen molar-refractivity contribution in [3.8, 4) is 0 Å². The Morgan fingerprint density at radius 3 is 2.77 bits per heavy atom. The summed E-state index contributed by atoms with van der Waals surface area (Å²) in [5.41, 5.74) is 7.70. The van der Waals surface area contributed by atoms with E-state index in [0.717, 1.165) is 46.3 Å². The Hall–Kier alpha value is -3.04. The number of ether oxygens (including phenoxy) is 1. The number of anilines is 1. The van der Waals surface area contributed by atoms with Crippen molar-refractivity contribution >= 4 is 61.8 Å². The number of nitrogens with two attached hydrogens (primary N) is 1. The lowest BCUT2D eigenvalue weighted by Crippen LogP contribution is -2.22. The average Bonchev–Trinajstić information content (AvgIpc) is 3.31. The molecule has 0 saturated carbocycles. The molecule has 1 aliphatic rings. The smallest absolute Gasteiger partial charge is 0.331 e. The van der Waals surface area contributed by atoms with Gasteiger partial charge in [0.1, 0.15) is 10.0 Å². The van der Waals surface area contributed by atoms with Gasteiger partial charge in [-0.25, -0.2) is 9.78 Å². The third kappa shape index (κ3) is 4.42. The third-order valence-electron chi connectivity index (χ3n) is 4.69. The van der Waals surface area contributed by atoms with E-state index < -0.39 is 24.4 Å². The molecule has 7 nitrogen and oxygen atoms in total. The van der Waals surface area contributed by atoms with Crippen LogP contribution in [0.15, 0.2) is 30.3 Å². The van der Waals surface area contributed by atoms with Crippen LogP contribution in [-0.4, -0.2) is 29.4 Å². The Morgan fingerprint density at radius 2 is 1.97 bits per heavy atom. The highest BCUT2D eigenvalue weighted by Gasteiger charge is 2.25. The first-order chi connectivity index (χ1) is 14.5. The first-order valence-corrected chi connectivity index (χ1v) is 11.1. The van der Waals surface area contributed by atoms with Crippen molar-refractivity contribution in [2.24, 2.45) is 5.73 Å². The predicted molar refractivity (Wildman–Crippen MR) is 118 cm³/mol. The molecule has 154 valence electrons. The topological polar surface area (TPSA) is 111 Å². The quantitative estimate of drug-likeness (QED) is 0.449. The van der Waals surface area contributed by atoms with Gasteiger partial charge in [-0.05, 0) is 49.5 Å². The molecule has 2 aromatic heterocycles. The molecule has 0 saturated heterocycles. The third-order valence-corrected chi connectivity index (χ3v) is 6.90. The molecular formula is C21H19N3O4S2. The molecule has 0 atom stereocenters. The Balaban J connectivity index is 1.35. The minimum atomic E-state index is -0.648. The van der Waals surface area contributed by atoms with Crippen LogP contribution in [0.5, 0.6) is 0 Å². The zero-order valence-electron chi connectivity index (χ0n) is 16.0. The van der Waals surface area contributed by atoms with Crippen LogP contribution < -0.4 is 11.1 Å². The summed E-state index contributed by atoms with van der Waals surface area (Å²) in [6.45, 7) is -0.455. The summed E-state index contributed by atoms with van der Waals surface area (Å²) in [5.74, 6) is -1.72. The van der Waals surface area contributed by atoms with Crippen LogP contribution in [0.2, 0.25) is 0 Å². The van der Waals surface area contributed by atoms with Crippen molar-refractivity contribution in [1.82, 2.24) is 4.98 Å². The number of nitrogens with zero attached hydrogens (tertiary/aromatic N) is 1. The van der Waals surface area contributed by atoms with Gasteiger partial charge in [0.25, 0.3) is 11.8 Å². The van der Waals surface area contributed by atoms with Gasteiger partial charge in [0.15, 0.2) is 6.61 Å². The number of aryl methyl sites for hydroxylation is 1. The number of primary amides is 1. The second kappa shape index (κ2) is 8.76. The van der Waals surface area contributed by atoms with E-state index in [-0.39, 0.29) is 0 Å². The molecule has 3 N–H and O–H groups in total. The lowest BCUT2D eigenvalue weighted by molar-refractivity contribution is -0.142. The molecule has 0 bridgehead atoms. The predicted octanol–water partition coefficient (Wildman–Crippen LogP) is 3.53. The van der Waals surface area contributed by atoms with Gasteiger partial charge >= 0.3 is 5.97 Å². The molecule has 3 aromatic rings. The maximum atomic E-state index is 12.2. The number of rotatable bonds is 6. The van der Waals surface area contributed by atoms with Gasteiger partial charge in [-0.2, -0.15) is 0 Å². The van der Waals surface area contributed by atoms with Gasteiger partial charge in [-0.3, -0.25) is 9.59 Å². The van der Waals surface area contributed by atoms with E-state index >= 15 is 0 Å². The summed E-state index contributed by atoms with van der Waals surface area (Å²) >= 11 is 2.82. The minimum absolute atomic E-state index is 0.380. The van der Waals surface area contributed by atoms with Gasteiger partial charge in [-0.1, -0.05) is 12.1 Å². The summed E-state index contributed by atoms with van der Waals surface area (Å²) < 4.78 is 6.02. The van der Waals surface area contributed by atoms with E-state index in [9.17, 15) is 14.4 Å². The van der Waals surface area contributed by atoms with Crippen LogP contribution in [0, 0.1) is 0 Å². The van der Waals surface area contributed by atoms with E-state index in [4.69, 9.17) is 10.5 Å². The standard InChI is InChI=1S/C21H19N3O4S2/c22-20(27)19-12-5-1-3-7-14(12)30-21(19)24-16(25)11-28-18(26)10-9-17-23-13-6-2-4-8-15(13)29-17/h2,4,6,8-10H,1,3,5,7,11H2,(H2,22,27)(H,24,25)/b10-9+. The van der Waals surface area contributed by atoms with E-state index in [0.29, 0.717) is 15.6 Å². The van der Waals surface area contributed by atoms with Crippen molar-refractivity contribution in [2.45, 2.75) is 25.7 Å². The summed E-state index contributed by atoms with van der Waals surface area (Å²) in [5, 5.41) is 3.77. The van der Waals surface area contributed by atoms with Crippen molar-refractivity contribution in [2.75, 3.05) is 11.9 Å². The molecule has 30 heavy (non-hydrogen) atoms. The maximum absolute atomic E-state index is 12.2. The average molecular weight is 442 g/mol. The molecule has 0 fully saturated rings. The second-order valence-electron chi connectivity index (χ2n) is 6.79. The number of esters is 1. The fraction of sp³-hybridized carbons (Fsp3) is 0.238. The van der Waals surface area contributed by atoms with E-state index in [1.807, 2.05) is 24.3 Å². The molecule has 0 unspecified atom stereocenters. The van der Waals surface area contributed by atoms with Crippen molar-refractivity contribution < 1.29 is 19.1 Å². The number of amides is 2. The first-order valence-electron chi connectivity index (χ1n) is 9.46. The highest BCUT2D eigenvalue weighted by Crippen LogP contribution is 2.37. The lowest BCUT2D eigenvalue weighted by atomic mass is 9.95. The van der Waals surface area contributed by atoms with Crippen molar-refractivity contribution in [3.63, 3.8) is 0 Å². The zero-order chi connectivity index (χ0) is 21.1. The van der Waals surface area contributed by atoms with Gasteiger partial charge in [0.05, 0.1) is 15.8 Å². The molecule has 9 heteroatoms. The van der Waals surface area contributed by atoms with E-state index in [2.05, 4.69) is 10.3 Å². The van der Waals surface area contributed by atoms with Crippen molar-refractivity contribution in [1.29, 1.82) is 0 Å². The number of carbonyl (C=O) groups is 3. The summed E-state index contributed by atoms with van der Waals surface area (Å²) in [7, 11) is 0. The number of aromatic nitrogens is 1. The SMILES string of the molecule is NC(=O)c1c(NC(=O)COC(=O)/C=C/c2nc3ccccc3s2)sc2c1CCCC2. The largest absolute Gasteiger partial charge is 0.452 e. The summed E-state index contributed by atoms with van der Waals surface area (Å²) in [4.78, 5) is 41.5. The van der Waals surface area contributed by atoms with Crippen molar-refractivity contribution in [3.05, 3.63) is 51.4 Å². The van der Waals surface area contributed by atoms with E-state index in [1.165, 1.54) is 28.7 Å². The van der Waals surface area contributed by atoms with Gasteiger partial charge in [-0.15, -0.1) is 22.7 Å². The van der Waals surface area contributed by atoms with Crippen LogP contribution in [0.1, 0.15) is 38.6 Å². The van der Waals surface area contributed by atoms with Gasteiger partial charge < -0.3 is 15.8 Å². The van der Waals surface area contributed by atoms with Crippen LogP contribution in [0.25, 0.3) is 16.3 Å². The molecule has 2 amide bonds. The molecule has 1 aromatic carbocycles. The number of benzene rings is 1. The number of hydrogen-bond donors (Lipinski definition) is 2. The zero-order valence-corrected chi connectivity index (χ0v) is 17.6. The number of thiazole rings is 1. The molecule has 0 spiro atoms. The Labute approximate surface area is 180 Å². The fourth-order valence-electron chi connectivity index (χ4n) is 3.36. The van der Waals surface area contributed by atoms with Crippen LogP contribution in [0.3, 0.4) is 0 Å². The maximum Gasteiger partial charge on any atom is 0.331 e. The number of nitrogens with one attached hydrogen (secondary N) is 1. The lowest BCUT2D eigenvalue weighted by Gasteiger charge is -2.11. The Bertz CT molecular complexity index is 1130. The van der Waals surface area contributed by atoms with Crippen LogP contribution in [0.4, 0.5) is 5.00 Å². The highest BCUT2D eigenvalue weighted by atomic mass is 32.1.